The van der Waals surface area contributed by atoms with Crippen molar-refractivity contribution in [1.29, 1.82) is 0 Å². The van der Waals surface area contributed by atoms with Crippen molar-refractivity contribution in [3.63, 3.8) is 0 Å². The molecular weight excluding hydrogens is 379 g/mol. The van der Waals surface area contributed by atoms with Crippen LogP contribution in [0.15, 0.2) is 17.0 Å². The second kappa shape index (κ2) is 9.44. The molecule has 8 heteroatoms. The highest BCUT2D eigenvalue weighted by atomic mass is 35.5. The summed E-state index contributed by atoms with van der Waals surface area (Å²) in [6.07, 6.45) is 1.66. The lowest BCUT2D eigenvalue weighted by atomic mass is 10.2. The molecule has 0 aromatic heterocycles. The molecule has 1 atom stereocenters. The Morgan fingerprint density at radius 2 is 1.65 bits per heavy atom. The molecule has 1 N–H and O–H groups in total. The van der Waals surface area contributed by atoms with Crippen molar-refractivity contribution < 1.29 is 8.42 Å². The van der Waals surface area contributed by atoms with E-state index in [1.54, 1.807) is 0 Å². The molecule has 1 aromatic carbocycles. The lowest BCUT2D eigenvalue weighted by Crippen LogP contribution is -2.33. The first kappa shape index (κ1) is 21.0. The molecule has 0 radical (unpaired) electrons. The fourth-order valence-electron chi connectivity index (χ4n) is 2.26. The summed E-state index contributed by atoms with van der Waals surface area (Å²) >= 11 is 17.7. The van der Waals surface area contributed by atoms with Crippen molar-refractivity contribution in [3.8, 4) is 0 Å². The minimum Gasteiger partial charge on any atom is -0.304 e. The number of sulfonamides is 1. The van der Waals surface area contributed by atoms with Crippen LogP contribution in [-0.4, -0.2) is 39.0 Å². The maximum Gasteiger partial charge on any atom is 0.242 e. The van der Waals surface area contributed by atoms with E-state index in [0.717, 1.165) is 32.5 Å². The van der Waals surface area contributed by atoms with Gasteiger partial charge in [0.2, 0.25) is 10.0 Å². The molecule has 0 amide bonds. The summed E-state index contributed by atoms with van der Waals surface area (Å²) < 4.78 is 27.5. The minimum atomic E-state index is -3.73. The summed E-state index contributed by atoms with van der Waals surface area (Å²) in [7, 11) is -3.73. The quantitative estimate of drug-likeness (QED) is 0.622. The zero-order chi connectivity index (χ0) is 17.6. The van der Waals surface area contributed by atoms with Gasteiger partial charge < -0.3 is 4.90 Å². The molecule has 0 bridgehead atoms. The van der Waals surface area contributed by atoms with Crippen LogP contribution in [0, 0.1) is 0 Å². The van der Waals surface area contributed by atoms with Gasteiger partial charge >= 0.3 is 0 Å². The standard InChI is InChI=1S/C15H23Cl3N2O2S/c1-4-20(5-2)8-6-7-11(3)19-23(21,22)15-10-13(17)12(16)9-14(15)18/h9-11,19H,4-8H2,1-3H3. The van der Waals surface area contributed by atoms with Crippen molar-refractivity contribution in [2.45, 2.75) is 44.6 Å². The summed E-state index contributed by atoms with van der Waals surface area (Å²) in [6.45, 7) is 9.01. The topological polar surface area (TPSA) is 49.4 Å². The van der Waals surface area contributed by atoms with E-state index in [0.29, 0.717) is 0 Å². The normalized spacial score (nSPS) is 13.5. The van der Waals surface area contributed by atoms with Gasteiger partial charge in [0.1, 0.15) is 4.90 Å². The maximum absolute atomic E-state index is 12.4. The van der Waals surface area contributed by atoms with Gasteiger partial charge in [-0.25, -0.2) is 13.1 Å². The lowest BCUT2D eigenvalue weighted by Gasteiger charge is -2.20. The third kappa shape index (κ3) is 6.40. The number of hydrogen-bond acceptors (Lipinski definition) is 3. The van der Waals surface area contributed by atoms with Crippen LogP contribution in [0.4, 0.5) is 0 Å². The smallest absolute Gasteiger partial charge is 0.242 e. The Balaban J connectivity index is 2.70. The average Bonchev–Trinajstić information content (AvgIpc) is 2.46. The van der Waals surface area contributed by atoms with Gasteiger partial charge in [0, 0.05) is 6.04 Å². The summed E-state index contributed by atoms with van der Waals surface area (Å²) in [5, 5.41) is 0.441. The van der Waals surface area contributed by atoms with Crippen molar-refractivity contribution in [2.75, 3.05) is 19.6 Å². The van der Waals surface area contributed by atoms with Gasteiger partial charge in [0.25, 0.3) is 0 Å². The van der Waals surface area contributed by atoms with Crippen molar-refractivity contribution >= 4 is 44.8 Å². The second-order valence-electron chi connectivity index (χ2n) is 5.39. The van der Waals surface area contributed by atoms with Crippen LogP contribution in [0.2, 0.25) is 15.1 Å². The predicted octanol–water partition coefficient (Wildman–Crippen LogP) is 4.44. The van der Waals surface area contributed by atoms with Gasteiger partial charge in [-0.3, -0.25) is 0 Å². The van der Waals surface area contributed by atoms with E-state index < -0.39 is 10.0 Å². The average molecular weight is 402 g/mol. The molecule has 1 rings (SSSR count). The Morgan fingerprint density at radius 3 is 2.22 bits per heavy atom. The summed E-state index contributed by atoms with van der Waals surface area (Å²) in [4.78, 5) is 2.25. The van der Waals surface area contributed by atoms with Crippen LogP contribution < -0.4 is 4.72 Å². The molecule has 1 aromatic rings. The largest absolute Gasteiger partial charge is 0.304 e. The van der Waals surface area contributed by atoms with Crippen LogP contribution in [0.5, 0.6) is 0 Å². The SMILES string of the molecule is CCN(CC)CCCC(C)NS(=O)(=O)c1cc(Cl)c(Cl)cc1Cl. The van der Waals surface area contributed by atoms with Crippen LogP contribution in [0.3, 0.4) is 0 Å². The number of hydrogen-bond donors (Lipinski definition) is 1. The number of halogens is 3. The lowest BCUT2D eigenvalue weighted by molar-refractivity contribution is 0.293. The molecule has 0 saturated heterocycles. The predicted molar refractivity (Wildman–Crippen MR) is 98.3 cm³/mol. The first-order valence-corrected chi connectivity index (χ1v) is 10.2. The van der Waals surface area contributed by atoms with Crippen LogP contribution in [-0.2, 0) is 10.0 Å². The van der Waals surface area contributed by atoms with Crippen molar-refractivity contribution in [2.24, 2.45) is 0 Å². The highest BCUT2D eigenvalue weighted by Crippen LogP contribution is 2.31. The fraction of sp³-hybridized carbons (Fsp3) is 0.600. The van der Waals surface area contributed by atoms with Crippen molar-refractivity contribution in [1.82, 2.24) is 9.62 Å². The molecule has 4 nitrogen and oxygen atoms in total. The number of benzene rings is 1. The molecule has 0 aliphatic rings. The van der Waals surface area contributed by atoms with Gasteiger partial charge in [-0.2, -0.15) is 0 Å². The molecule has 1 unspecified atom stereocenters. The molecular formula is C15H23Cl3N2O2S. The zero-order valence-corrected chi connectivity index (χ0v) is 16.7. The van der Waals surface area contributed by atoms with Crippen LogP contribution in [0.25, 0.3) is 0 Å². The Bertz CT molecular complexity index is 619. The summed E-state index contributed by atoms with van der Waals surface area (Å²) in [6, 6.07) is 2.42. The second-order valence-corrected chi connectivity index (χ2v) is 8.29. The zero-order valence-electron chi connectivity index (χ0n) is 13.6. The highest BCUT2D eigenvalue weighted by molar-refractivity contribution is 7.89. The molecule has 23 heavy (non-hydrogen) atoms. The van der Waals surface area contributed by atoms with Gasteiger partial charge in [0.05, 0.1) is 15.1 Å². The van der Waals surface area contributed by atoms with E-state index in [4.69, 9.17) is 34.8 Å². The maximum atomic E-state index is 12.4. The number of nitrogens with one attached hydrogen (secondary N) is 1. The Morgan fingerprint density at radius 1 is 1.09 bits per heavy atom. The first-order chi connectivity index (χ1) is 10.7. The van der Waals surface area contributed by atoms with E-state index in [1.807, 2.05) is 6.92 Å². The summed E-state index contributed by atoms with van der Waals surface area (Å²) in [5.41, 5.74) is 0. The van der Waals surface area contributed by atoms with Gasteiger partial charge in [0.15, 0.2) is 0 Å². The minimum absolute atomic E-state index is 0.0517. The molecule has 132 valence electrons. The van der Waals surface area contributed by atoms with E-state index in [2.05, 4.69) is 23.5 Å². The van der Waals surface area contributed by atoms with Gasteiger partial charge in [-0.05, 0) is 51.5 Å². The van der Waals surface area contributed by atoms with E-state index in [9.17, 15) is 8.42 Å². The fourth-order valence-corrected chi connectivity index (χ4v) is 4.54. The molecule has 0 aliphatic carbocycles. The van der Waals surface area contributed by atoms with Crippen LogP contribution >= 0.6 is 34.8 Å². The Labute approximate surface area is 154 Å². The van der Waals surface area contributed by atoms with Gasteiger partial charge in [-0.1, -0.05) is 48.7 Å². The van der Waals surface area contributed by atoms with Crippen molar-refractivity contribution in [3.05, 3.63) is 27.2 Å². The first-order valence-electron chi connectivity index (χ1n) is 7.60. The van der Waals surface area contributed by atoms with E-state index in [1.165, 1.54) is 12.1 Å². The van der Waals surface area contributed by atoms with Gasteiger partial charge in [-0.15, -0.1) is 0 Å². The number of nitrogens with zero attached hydrogens (tertiary/aromatic N) is 1. The molecule has 0 heterocycles. The Kier molecular flexibility index (Phi) is 8.63. The molecule has 0 aliphatic heterocycles. The molecule has 0 spiro atoms. The Hall–Kier alpha value is -0.0400. The molecule has 0 fully saturated rings. The third-order valence-electron chi connectivity index (χ3n) is 3.63. The van der Waals surface area contributed by atoms with Crippen LogP contribution in [0.1, 0.15) is 33.6 Å². The highest BCUT2D eigenvalue weighted by Gasteiger charge is 2.22. The third-order valence-corrected chi connectivity index (χ3v) is 6.40. The molecule has 0 saturated carbocycles. The van der Waals surface area contributed by atoms with E-state index >= 15 is 0 Å². The van der Waals surface area contributed by atoms with E-state index in [-0.39, 0.29) is 26.0 Å². The summed E-state index contributed by atoms with van der Waals surface area (Å²) in [5.74, 6) is 0. The number of rotatable bonds is 9. The monoisotopic (exact) mass is 400 g/mol.